The minimum atomic E-state index is -0.985. The summed E-state index contributed by atoms with van der Waals surface area (Å²) >= 11 is 12.1. The largest absolute Gasteiger partial charge is 0.456 e. The fourth-order valence-electron chi connectivity index (χ4n) is 3.10. The molecule has 2 heterocycles. The number of rotatable bonds is 4. The van der Waals surface area contributed by atoms with Gasteiger partial charge < -0.3 is 4.42 Å². The third kappa shape index (κ3) is 3.75. The van der Waals surface area contributed by atoms with Crippen LogP contribution in [0.15, 0.2) is 64.6 Å². The van der Waals surface area contributed by atoms with Crippen LogP contribution < -0.4 is 10.2 Å². The summed E-state index contributed by atoms with van der Waals surface area (Å²) in [6, 6.07) is 12.3. The van der Waals surface area contributed by atoms with Gasteiger partial charge in [-0.25, -0.2) is 9.69 Å². The summed E-state index contributed by atoms with van der Waals surface area (Å²) in [5, 5.41) is 13.4. The maximum atomic E-state index is 13.0. The van der Waals surface area contributed by atoms with Gasteiger partial charge >= 0.3 is 6.03 Å². The van der Waals surface area contributed by atoms with E-state index >= 15 is 0 Å². The molecule has 0 atom stereocenters. The summed E-state index contributed by atoms with van der Waals surface area (Å²) < 4.78 is 5.61. The molecule has 11 heteroatoms. The number of nitrogens with zero attached hydrogens (tertiary/aromatic N) is 2. The van der Waals surface area contributed by atoms with Crippen LogP contribution >= 0.6 is 23.2 Å². The van der Waals surface area contributed by atoms with Gasteiger partial charge in [-0.3, -0.25) is 25.0 Å². The average molecular weight is 472 g/mol. The van der Waals surface area contributed by atoms with Crippen LogP contribution in [0.25, 0.3) is 17.4 Å². The van der Waals surface area contributed by atoms with E-state index in [1.807, 2.05) is 0 Å². The number of hydrogen-bond donors (Lipinski definition) is 1. The molecule has 9 nitrogen and oxygen atoms in total. The minimum absolute atomic E-state index is 0.000103. The van der Waals surface area contributed by atoms with E-state index in [4.69, 9.17) is 27.6 Å². The number of nitrogens with one attached hydrogen (secondary N) is 1. The van der Waals surface area contributed by atoms with Crippen molar-refractivity contribution in [2.24, 2.45) is 0 Å². The summed E-state index contributed by atoms with van der Waals surface area (Å²) in [7, 11) is 0. The van der Waals surface area contributed by atoms with E-state index in [0.29, 0.717) is 4.90 Å². The molecule has 0 aliphatic carbocycles. The summed E-state index contributed by atoms with van der Waals surface area (Å²) in [6.45, 7) is 0. The van der Waals surface area contributed by atoms with Crippen molar-refractivity contribution in [3.05, 3.63) is 86.1 Å². The Hall–Kier alpha value is -3.95. The number of para-hydroxylation sites is 1. The molecule has 4 amide bonds. The quantitative estimate of drug-likeness (QED) is 0.251. The summed E-state index contributed by atoms with van der Waals surface area (Å²) in [6.07, 6.45) is 1.13. The molecule has 1 N–H and O–H groups in total. The number of carbonyl (C=O) groups is 3. The summed E-state index contributed by atoms with van der Waals surface area (Å²) in [5.41, 5.74) is -0.340. The third-order valence-corrected chi connectivity index (χ3v) is 5.36. The van der Waals surface area contributed by atoms with Gasteiger partial charge in [0.25, 0.3) is 17.5 Å². The normalized spacial score (nSPS) is 15.2. The molecule has 1 aromatic heterocycles. The SMILES string of the molecule is O=C1NC(=O)N(c2cccc(Cl)c2Cl)C(=O)/C1=C\c1ccc(-c2ccccc2[N+](=O)[O-])o1. The average Bonchev–Trinajstić information content (AvgIpc) is 3.22. The van der Waals surface area contributed by atoms with Crippen molar-refractivity contribution in [1.82, 2.24) is 5.32 Å². The highest BCUT2D eigenvalue weighted by Crippen LogP contribution is 2.35. The van der Waals surface area contributed by atoms with Gasteiger partial charge in [-0.15, -0.1) is 0 Å². The Kier molecular flexibility index (Phi) is 5.52. The number of nitro groups is 1. The van der Waals surface area contributed by atoms with E-state index in [1.54, 1.807) is 6.07 Å². The lowest BCUT2D eigenvalue weighted by atomic mass is 10.1. The van der Waals surface area contributed by atoms with Crippen molar-refractivity contribution in [2.45, 2.75) is 0 Å². The first-order valence-electron chi connectivity index (χ1n) is 8.97. The van der Waals surface area contributed by atoms with Crippen LogP contribution in [-0.2, 0) is 9.59 Å². The standard InChI is InChI=1S/C21H11Cl2N3O6/c22-14-5-3-7-16(18(14)23)25-20(28)13(19(27)24-21(25)29)10-11-8-9-17(32-11)12-4-1-2-6-15(12)26(30)31/h1-10H,(H,24,27,29)/b13-10-. The van der Waals surface area contributed by atoms with Crippen LogP contribution in [0.3, 0.4) is 0 Å². The van der Waals surface area contributed by atoms with Crippen LogP contribution in [0.1, 0.15) is 5.76 Å². The van der Waals surface area contributed by atoms with E-state index in [9.17, 15) is 24.5 Å². The second-order valence-electron chi connectivity index (χ2n) is 6.51. The smallest absolute Gasteiger partial charge is 0.336 e. The third-order valence-electron chi connectivity index (χ3n) is 4.55. The van der Waals surface area contributed by atoms with Crippen molar-refractivity contribution in [2.75, 3.05) is 4.90 Å². The Bertz CT molecular complexity index is 1330. The van der Waals surface area contributed by atoms with Gasteiger partial charge in [0.05, 0.1) is 26.2 Å². The maximum Gasteiger partial charge on any atom is 0.336 e. The fourth-order valence-corrected chi connectivity index (χ4v) is 3.48. The van der Waals surface area contributed by atoms with Crippen molar-refractivity contribution >= 4 is 58.5 Å². The van der Waals surface area contributed by atoms with Gasteiger partial charge in [0.2, 0.25) is 0 Å². The Labute approximate surface area is 190 Å². The van der Waals surface area contributed by atoms with Crippen molar-refractivity contribution in [3.63, 3.8) is 0 Å². The van der Waals surface area contributed by atoms with E-state index < -0.39 is 28.3 Å². The zero-order chi connectivity index (χ0) is 23.0. The molecule has 1 aliphatic heterocycles. The van der Waals surface area contributed by atoms with Gasteiger partial charge in [-0.2, -0.15) is 0 Å². The maximum absolute atomic E-state index is 13.0. The number of carbonyl (C=O) groups excluding carboxylic acids is 3. The van der Waals surface area contributed by atoms with E-state index in [-0.39, 0.29) is 38.5 Å². The first-order valence-corrected chi connectivity index (χ1v) is 9.72. The summed E-state index contributed by atoms with van der Waals surface area (Å²) in [4.78, 5) is 49.0. The molecule has 1 saturated heterocycles. The first kappa shape index (κ1) is 21.3. The summed E-state index contributed by atoms with van der Waals surface area (Å²) in [5.74, 6) is -1.63. The molecule has 1 aliphatic rings. The number of halogens is 2. The molecule has 3 aromatic rings. The van der Waals surface area contributed by atoms with Gasteiger partial charge in [0.1, 0.15) is 17.1 Å². The molecular formula is C21H11Cl2N3O6. The van der Waals surface area contributed by atoms with Crippen LogP contribution in [0.4, 0.5) is 16.2 Å². The number of furan rings is 1. The molecule has 0 bridgehead atoms. The number of barbiturate groups is 1. The Morgan fingerprint density at radius 1 is 1.00 bits per heavy atom. The molecular weight excluding hydrogens is 461 g/mol. The number of amides is 4. The number of benzene rings is 2. The second-order valence-corrected chi connectivity index (χ2v) is 7.29. The number of hydrogen-bond acceptors (Lipinski definition) is 6. The van der Waals surface area contributed by atoms with Crippen LogP contribution in [-0.4, -0.2) is 22.8 Å². The van der Waals surface area contributed by atoms with Crippen molar-refractivity contribution in [3.8, 4) is 11.3 Å². The monoisotopic (exact) mass is 471 g/mol. The number of anilines is 1. The minimum Gasteiger partial charge on any atom is -0.456 e. The lowest BCUT2D eigenvalue weighted by Gasteiger charge is -2.27. The van der Waals surface area contributed by atoms with Gasteiger partial charge in [-0.1, -0.05) is 41.4 Å². The Morgan fingerprint density at radius 3 is 2.50 bits per heavy atom. The topological polar surface area (TPSA) is 123 Å². The van der Waals surface area contributed by atoms with Gasteiger partial charge in [0.15, 0.2) is 0 Å². The predicted octanol–water partition coefficient (Wildman–Crippen LogP) is 4.83. The van der Waals surface area contributed by atoms with Crippen LogP contribution in [0, 0.1) is 10.1 Å². The molecule has 32 heavy (non-hydrogen) atoms. The van der Waals surface area contributed by atoms with Crippen molar-refractivity contribution in [1.29, 1.82) is 0 Å². The predicted molar refractivity (Wildman–Crippen MR) is 116 cm³/mol. The van der Waals surface area contributed by atoms with E-state index in [0.717, 1.165) is 6.08 Å². The second kappa shape index (κ2) is 8.29. The molecule has 2 aromatic carbocycles. The van der Waals surface area contributed by atoms with Gasteiger partial charge in [0, 0.05) is 6.07 Å². The highest BCUT2D eigenvalue weighted by atomic mass is 35.5. The van der Waals surface area contributed by atoms with E-state index in [2.05, 4.69) is 5.32 Å². The lowest BCUT2D eigenvalue weighted by Crippen LogP contribution is -2.54. The zero-order valence-electron chi connectivity index (χ0n) is 15.9. The lowest BCUT2D eigenvalue weighted by molar-refractivity contribution is -0.384. The molecule has 0 saturated carbocycles. The molecule has 160 valence electrons. The molecule has 4 rings (SSSR count). The van der Waals surface area contributed by atoms with Crippen LogP contribution in [0.2, 0.25) is 10.0 Å². The number of imide groups is 2. The Balaban J connectivity index is 1.72. The van der Waals surface area contributed by atoms with Crippen molar-refractivity contribution < 1.29 is 23.7 Å². The molecule has 0 radical (unpaired) electrons. The zero-order valence-corrected chi connectivity index (χ0v) is 17.4. The highest BCUT2D eigenvalue weighted by molar-refractivity contribution is 6.46. The van der Waals surface area contributed by atoms with E-state index in [1.165, 1.54) is 48.5 Å². The molecule has 1 fully saturated rings. The fraction of sp³-hybridized carbons (Fsp3) is 0. The number of urea groups is 1. The molecule has 0 spiro atoms. The first-order chi connectivity index (χ1) is 15.3. The Morgan fingerprint density at radius 2 is 1.75 bits per heavy atom. The highest BCUT2D eigenvalue weighted by Gasteiger charge is 2.38. The van der Waals surface area contributed by atoms with Gasteiger partial charge in [-0.05, 0) is 36.4 Å². The van der Waals surface area contributed by atoms with Crippen LogP contribution in [0.5, 0.6) is 0 Å². The molecule has 0 unspecified atom stereocenters. The number of nitro benzene ring substituents is 1.